The lowest BCUT2D eigenvalue weighted by atomic mass is 9.43. The largest absolute Gasteiger partial charge is 0.458 e. The highest BCUT2D eigenvalue weighted by Crippen LogP contribution is 2.73. The van der Waals surface area contributed by atoms with E-state index in [0.29, 0.717) is 48.4 Å². The summed E-state index contributed by atoms with van der Waals surface area (Å²) in [7, 11) is 0. The Bertz CT molecular complexity index is 957. The lowest BCUT2D eigenvalue weighted by Gasteiger charge is -2.59. The Morgan fingerprint density at radius 1 is 1.12 bits per heavy atom. The van der Waals surface area contributed by atoms with Crippen molar-refractivity contribution in [1.82, 2.24) is 0 Å². The molecule has 6 aliphatic rings. The summed E-state index contributed by atoms with van der Waals surface area (Å²) in [5.41, 5.74) is 0.333. The first-order valence-electron chi connectivity index (χ1n) is 13.5. The van der Waals surface area contributed by atoms with E-state index < -0.39 is 17.1 Å². The molecule has 0 radical (unpaired) electrons. The van der Waals surface area contributed by atoms with Crippen LogP contribution in [0, 0.1) is 40.4 Å². The molecule has 2 heterocycles. The van der Waals surface area contributed by atoms with E-state index in [1.807, 2.05) is 6.92 Å². The van der Waals surface area contributed by atoms with E-state index in [2.05, 4.69) is 20.8 Å². The summed E-state index contributed by atoms with van der Waals surface area (Å²) >= 11 is 0. The van der Waals surface area contributed by atoms with Crippen molar-refractivity contribution in [3.8, 4) is 0 Å². The van der Waals surface area contributed by atoms with Crippen LogP contribution in [-0.2, 0) is 19.1 Å². The number of esters is 1. The zero-order chi connectivity index (χ0) is 24.2. The van der Waals surface area contributed by atoms with Gasteiger partial charge in [-0.3, -0.25) is 4.79 Å². The van der Waals surface area contributed by atoms with E-state index >= 15 is 0 Å². The predicted molar refractivity (Wildman–Crippen MR) is 125 cm³/mol. The number of epoxide rings is 1. The maximum atomic E-state index is 13.4. The van der Waals surface area contributed by atoms with Crippen molar-refractivity contribution in [2.75, 3.05) is 6.61 Å². The predicted octanol–water partition coefficient (Wildman–Crippen LogP) is 3.58. The van der Waals surface area contributed by atoms with E-state index in [0.717, 1.165) is 37.7 Å². The highest BCUT2D eigenvalue weighted by Gasteiger charge is 2.80. The Hall–Kier alpha value is -1.24. The average molecular weight is 473 g/mol. The molecule has 1 saturated heterocycles. The number of hydrogen-bond donors (Lipinski definition) is 2. The molecule has 0 aromatic carbocycles. The first-order valence-corrected chi connectivity index (χ1v) is 13.5. The number of aliphatic hydroxyl groups excluding tert-OH is 2. The van der Waals surface area contributed by atoms with Crippen molar-refractivity contribution in [3.05, 3.63) is 11.1 Å². The van der Waals surface area contributed by atoms with Crippen LogP contribution < -0.4 is 0 Å². The van der Waals surface area contributed by atoms with Crippen molar-refractivity contribution in [1.29, 1.82) is 0 Å². The van der Waals surface area contributed by atoms with Gasteiger partial charge in [-0.1, -0.05) is 19.4 Å². The summed E-state index contributed by atoms with van der Waals surface area (Å²) in [5.74, 6) is 1.93. The molecule has 34 heavy (non-hydrogen) atoms. The second-order valence-corrected chi connectivity index (χ2v) is 12.8. The third-order valence-electron chi connectivity index (χ3n) is 11.9. The molecule has 11 atom stereocenters. The molecule has 6 heteroatoms. The molecule has 6 rings (SSSR count). The Morgan fingerprint density at radius 2 is 1.88 bits per heavy atom. The van der Waals surface area contributed by atoms with Crippen LogP contribution in [0.5, 0.6) is 0 Å². The van der Waals surface area contributed by atoms with Crippen LogP contribution in [0.25, 0.3) is 0 Å². The van der Waals surface area contributed by atoms with Gasteiger partial charge in [0.15, 0.2) is 0 Å². The highest BCUT2D eigenvalue weighted by molar-refractivity contribution is 5.90. The Morgan fingerprint density at radius 3 is 2.59 bits per heavy atom. The molecule has 0 amide bonds. The van der Waals surface area contributed by atoms with Crippen LogP contribution >= 0.6 is 0 Å². The minimum Gasteiger partial charge on any atom is -0.458 e. The van der Waals surface area contributed by atoms with Gasteiger partial charge in [0.05, 0.1) is 29.8 Å². The number of cyclic esters (lactones) is 1. The van der Waals surface area contributed by atoms with E-state index in [-0.39, 0.29) is 42.0 Å². The smallest absolute Gasteiger partial charge is 0.336 e. The molecule has 4 aliphatic carbocycles. The van der Waals surface area contributed by atoms with E-state index in [9.17, 15) is 19.8 Å². The van der Waals surface area contributed by atoms with Crippen LogP contribution in [0.4, 0.5) is 0 Å². The number of aliphatic hydroxyl groups is 2. The summed E-state index contributed by atoms with van der Waals surface area (Å²) in [4.78, 5) is 25.9. The fourth-order valence-electron chi connectivity index (χ4n) is 10.1. The molecule has 1 spiro atoms. The van der Waals surface area contributed by atoms with Crippen LogP contribution in [0.2, 0.25) is 0 Å². The number of Topliss-reactive ketones (excluding diaryl/α,β-unsaturated/α-hetero) is 1. The van der Waals surface area contributed by atoms with E-state index in [1.54, 1.807) is 0 Å². The average Bonchev–Trinajstić information content (AvgIpc) is 3.43. The minimum atomic E-state index is -0.632. The Labute approximate surface area is 202 Å². The zero-order valence-corrected chi connectivity index (χ0v) is 21.0. The van der Waals surface area contributed by atoms with Gasteiger partial charge >= 0.3 is 5.97 Å². The maximum absolute atomic E-state index is 13.4. The Balaban J connectivity index is 1.26. The van der Waals surface area contributed by atoms with Gasteiger partial charge in [-0.15, -0.1) is 0 Å². The number of carbonyl (C=O) groups excluding carboxylic acids is 2. The van der Waals surface area contributed by atoms with Crippen LogP contribution in [0.3, 0.4) is 0 Å². The van der Waals surface area contributed by atoms with Gasteiger partial charge in [0.2, 0.25) is 0 Å². The third-order valence-corrected chi connectivity index (χ3v) is 11.9. The first-order chi connectivity index (χ1) is 16.1. The molecule has 0 aromatic heterocycles. The van der Waals surface area contributed by atoms with Crippen LogP contribution in [0.1, 0.15) is 79.1 Å². The normalized spacial score (nSPS) is 52.8. The van der Waals surface area contributed by atoms with Crippen molar-refractivity contribution in [2.24, 2.45) is 40.4 Å². The standard InChI is InChI=1S/C28H40O6/c1-14-11-21(33-25(32)17(14)13-29)15(2)18-5-6-19-16-12-24-28(34-24)23(31)8-7-22(30)27(28,4)20(16)9-10-26(18,19)3/h15-16,18-21,23-24,29,31H,5-13H2,1-4H3/t15-,16+,18+,19-,20-,21+,23-,24+,26+,27-,28+/m0/s1. The number of carbonyl (C=O) groups is 2. The molecule has 188 valence electrons. The van der Waals surface area contributed by atoms with Gasteiger partial charge in [0.1, 0.15) is 17.5 Å². The fraction of sp³-hybridized carbons (Fsp3) is 0.857. The SMILES string of the molecule is CC1=C(CO)C(=O)O[C@@H]([C@@H](C)[C@H]2CC[C@H]3[C@H]4C[C@H]5O[C@]56[C@@H](O)CCC(=O)[C@]6(C)[C@H]4CC[C@]23C)C1. The van der Waals surface area contributed by atoms with Gasteiger partial charge in [0, 0.05) is 12.8 Å². The molecular weight excluding hydrogens is 432 g/mol. The molecule has 0 aromatic rings. The zero-order valence-electron chi connectivity index (χ0n) is 21.0. The lowest BCUT2D eigenvalue weighted by molar-refractivity contribution is -0.166. The van der Waals surface area contributed by atoms with Gasteiger partial charge in [0.25, 0.3) is 0 Å². The van der Waals surface area contributed by atoms with E-state index in [4.69, 9.17) is 9.47 Å². The van der Waals surface area contributed by atoms with E-state index in [1.165, 1.54) is 0 Å². The quantitative estimate of drug-likeness (QED) is 0.482. The molecule has 2 N–H and O–H groups in total. The van der Waals surface area contributed by atoms with Gasteiger partial charge in [-0.25, -0.2) is 4.79 Å². The summed E-state index contributed by atoms with van der Waals surface area (Å²) < 4.78 is 12.1. The molecule has 0 unspecified atom stereocenters. The summed E-state index contributed by atoms with van der Waals surface area (Å²) in [6.45, 7) is 8.49. The monoisotopic (exact) mass is 472 g/mol. The van der Waals surface area contributed by atoms with Crippen molar-refractivity contribution in [2.45, 2.75) is 103 Å². The Kier molecular flexibility index (Phi) is 5.04. The molecule has 5 fully saturated rings. The minimum absolute atomic E-state index is 0.0146. The van der Waals surface area contributed by atoms with Crippen LogP contribution in [0.15, 0.2) is 11.1 Å². The topological polar surface area (TPSA) is 96.4 Å². The lowest BCUT2D eigenvalue weighted by Crippen LogP contribution is -2.64. The fourth-order valence-corrected chi connectivity index (χ4v) is 10.1. The molecule has 2 aliphatic heterocycles. The number of ketones is 1. The second-order valence-electron chi connectivity index (χ2n) is 12.8. The second kappa shape index (κ2) is 7.39. The van der Waals surface area contributed by atoms with Crippen LogP contribution in [-0.4, -0.2) is 52.5 Å². The molecule has 4 saturated carbocycles. The number of rotatable bonds is 3. The molecular formula is C28H40O6. The molecule has 0 bridgehead atoms. The first kappa shape index (κ1) is 23.2. The van der Waals surface area contributed by atoms with Crippen molar-refractivity contribution >= 4 is 11.8 Å². The summed E-state index contributed by atoms with van der Waals surface area (Å²) in [5, 5.41) is 20.4. The third kappa shape index (κ3) is 2.68. The van der Waals surface area contributed by atoms with Gasteiger partial charge in [-0.2, -0.15) is 0 Å². The maximum Gasteiger partial charge on any atom is 0.336 e. The summed E-state index contributed by atoms with van der Waals surface area (Å²) in [6.07, 6.45) is 6.38. The summed E-state index contributed by atoms with van der Waals surface area (Å²) in [6, 6.07) is 0. The molecule has 6 nitrogen and oxygen atoms in total. The van der Waals surface area contributed by atoms with Crippen molar-refractivity contribution < 1.29 is 29.3 Å². The number of fused-ring (bicyclic) bond motifs is 4. The number of hydrogen-bond acceptors (Lipinski definition) is 6. The van der Waals surface area contributed by atoms with Gasteiger partial charge < -0.3 is 19.7 Å². The highest BCUT2D eigenvalue weighted by atomic mass is 16.6. The number of ether oxygens (including phenoxy) is 2. The van der Waals surface area contributed by atoms with Crippen molar-refractivity contribution in [3.63, 3.8) is 0 Å². The van der Waals surface area contributed by atoms with Gasteiger partial charge in [-0.05, 0) is 87.4 Å².